The lowest BCUT2D eigenvalue weighted by Crippen LogP contribution is -2.25. The van der Waals surface area contributed by atoms with Crippen LogP contribution in [-0.4, -0.2) is 23.0 Å². The van der Waals surface area contributed by atoms with Crippen molar-refractivity contribution in [3.8, 4) is 0 Å². The molecule has 0 spiro atoms. The van der Waals surface area contributed by atoms with Gasteiger partial charge in [0.25, 0.3) is 0 Å². The second kappa shape index (κ2) is 6.86. The predicted molar refractivity (Wildman–Crippen MR) is 74.8 cm³/mol. The van der Waals surface area contributed by atoms with Crippen LogP contribution < -0.4 is 5.32 Å². The summed E-state index contributed by atoms with van der Waals surface area (Å²) in [5.74, 6) is 2.30. The molecule has 6 heteroatoms. The van der Waals surface area contributed by atoms with E-state index in [1.54, 1.807) is 6.07 Å². The molecule has 4 nitrogen and oxygen atoms in total. The molecule has 104 valence electrons. The molecule has 1 aliphatic heterocycles. The molecule has 1 aromatic carbocycles. The summed E-state index contributed by atoms with van der Waals surface area (Å²) in [5, 5.41) is 13.8. The van der Waals surface area contributed by atoms with E-state index in [1.165, 1.54) is 36.5 Å². The van der Waals surface area contributed by atoms with Crippen molar-refractivity contribution in [2.24, 2.45) is 5.92 Å². The highest BCUT2D eigenvalue weighted by atomic mass is 32.2. The van der Waals surface area contributed by atoms with Crippen LogP contribution in [0, 0.1) is 21.8 Å². The van der Waals surface area contributed by atoms with Crippen LogP contribution in [0.1, 0.15) is 18.4 Å². The molecular weight excluding hydrogens is 267 g/mol. The SMILES string of the molecule is O=[N+]([O-])c1cccc(CNCC2CCSCC2)c1F. The average Bonchev–Trinajstić information content (AvgIpc) is 2.41. The number of benzene rings is 1. The van der Waals surface area contributed by atoms with Crippen LogP contribution in [0.2, 0.25) is 0 Å². The molecule has 1 fully saturated rings. The number of nitro benzene ring substituents is 1. The smallest absolute Gasteiger partial charge is 0.305 e. The summed E-state index contributed by atoms with van der Waals surface area (Å²) in [7, 11) is 0. The summed E-state index contributed by atoms with van der Waals surface area (Å²) in [6, 6.07) is 4.30. The lowest BCUT2D eigenvalue weighted by Gasteiger charge is -2.21. The molecule has 1 heterocycles. The maximum absolute atomic E-state index is 13.8. The first kappa shape index (κ1) is 14.3. The highest BCUT2D eigenvalue weighted by Crippen LogP contribution is 2.23. The van der Waals surface area contributed by atoms with Crippen molar-refractivity contribution in [1.82, 2.24) is 5.32 Å². The normalized spacial score (nSPS) is 16.5. The first-order chi connectivity index (χ1) is 9.18. The third-order valence-corrected chi connectivity index (χ3v) is 4.39. The van der Waals surface area contributed by atoms with E-state index in [9.17, 15) is 14.5 Å². The van der Waals surface area contributed by atoms with Crippen molar-refractivity contribution in [1.29, 1.82) is 0 Å². The minimum atomic E-state index is -0.723. The fraction of sp³-hybridized carbons (Fsp3) is 0.538. The largest absolute Gasteiger partial charge is 0.312 e. The van der Waals surface area contributed by atoms with Crippen LogP contribution in [0.15, 0.2) is 18.2 Å². The number of nitro groups is 1. The van der Waals surface area contributed by atoms with Gasteiger partial charge in [0.15, 0.2) is 0 Å². The summed E-state index contributed by atoms with van der Waals surface area (Å²) in [6.07, 6.45) is 2.38. The van der Waals surface area contributed by atoms with E-state index in [0.29, 0.717) is 18.0 Å². The topological polar surface area (TPSA) is 55.2 Å². The van der Waals surface area contributed by atoms with E-state index >= 15 is 0 Å². The van der Waals surface area contributed by atoms with Crippen LogP contribution >= 0.6 is 11.8 Å². The molecule has 0 aromatic heterocycles. The Balaban J connectivity index is 1.88. The van der Waals surface area contributed by atoms with Gasteiger partial charge in [-0.3, -0.25) is 10.1 Å². The molecule has 0 atom stereocenters. The van der Waals surface area contributed by atoms with Crippen molar-refractivity contribution in [2.75, 3.05) is 18.1 Å². The van der Waals surface area contributed by atoms with Gasteiger partial charge in [-0.2, -0.15) is 16.2 Å². The molecule has 1 saturated heterocycles. The fourth-order valence-corrected chi connectivity index (χ4v) is 3.41. The molecular formula is C13H17FN2O2S. The van der Waals surface area contributed by atoms with Crippen molar-refractivity contribution in [3.63, 3.8) is 0 Å². The Morgan fingerprint density at radius 1 is 1.42 bits per heavy atom. The van der Waals surface area contributed by atoms with Crippen LogP contribution in [-0.2, 0) is 6.54 Å². The van der Waals surface area contributed by atoms with Gasteiger partial charge in [-0.1, -0.05) is 12.1 Å². The lowest BCUT2D eigenvalue weighted by molar-refractivity contribution is -0.387. The van der Waals surface area contributed by atoms with Gasteiger partial charge in [0.05, 0.1) is 4.92 Å². The molecule has 19 heavy (non-hydrogen) atoms. The zero-order valence-electron chi connectivity index (χ0n) is 10.6. The van der Waals surface area contributed by atoms with Crippen LogP contribution in [0.4, 0.5) is 10.1 Å². The fourth-order valence-electron chi connectivity index (χ4n) is 2.21. The number of hydrogen-bond donors (Lipinski definition) is 1. The van der Waals surface area contributed by atoms with Gasteiger partial charge in [0.1, 0.15) is 0 Å². The number of halogens is 1. The number of rotatable bonds is 5. The Kier molecular flexibility index (Phi) is 5.15. The Hall–Kier alpha value is -1.14. The Morgan fingerprint density at radius 2 is 2.16 bits per heavy atom. The van der Waals surface area contributed by atoms with Gasteiger partial charge in [0, 0.05) is 18.2 Å². The van der Waals surface area contributed by atoms with Crippen molar-refractivity contribution in [2.45, 2.75) is 19.4 Å². The Labute approximate surface area is 115 Å². The zero-order chi connectivity index (χ0) is 13.7. The van der Waals surface area contributed by atoms with Gasteiger partial charge < -0.3 is 5.32 Å². The quantitative estimate of drug-likeness (QED) is 0.667. The van der Waals surface area contributed by atoms with E-state index in [-0.39, 0.29) is 0 Å². The summed E-state index contributed by atoms with van der Waals surface area (Å²) in [6.45, 7) is 1.19. The average molecular weight is 284 g/mol. The van der Waals surface area contributed by atoms with Crippen LogP contribution in [0.25, 0.3) is 0 Å². The van der Waals surface area contributed by atoms with E-state index < -0.39 is 16.4 Å². The van der Waals surface area contributed by atoms with Crippen LogP contribution in [0.3, 0.4) is 0 Å². The highest BCUT2D eigenvalue weighted by molar-refractivity contribution is 7.99. The van der Waals surface area contributed by atoms with Gasteiger partial charge in [-0.15, -0.1) is 0 Å². The molecule has 0 amide bonds. The third kappa shape index (κ3) is 3.91. The number of hydrogen-bond acceptors (Lipinski definition) is 4. The Morgan fingerprint density at radius 3 is 2.84 bits per heavy atom. The number of thioether (sulfide) groups is 1. The van der Waals surface area contributed by atoms with Crippen molar-refractivity contribution in [3.05, 3.63) is 39.7 Å². The van der Waals surface area contributed by atoms with Gasteiger partial charge in [-0.25, -0.2) is 0 Å². The summed E-state index contributed by atoms with van der Waals surface area (Å²) in [5.41, 5.74) is -0.0900. The van der Waals surface area contributed by atoms with Gasteiger partial charge in [0.2, 0.25) is 5.82 Å². The molecule has 0 aliphatic carbocycles. The molecule has 0 saturated carbocycles. The maximum atomic E-state index is 13.8. The molecule has 0 radical (unpaired) electrons. The zero-order valence-corrected chi connectivity index (χ0v) is 11.4. The van der Waals surface area contributed by atoms with Gasteiger partial charge >= 0.3 is 5.69 Å². The standard InChI is InChI=1S/C13H17FN2O2S/c14-13-11(2-1-3-12(13)16(17)18)9-15-8-10-4-6-19-7-5-10/h1-3,10,15H,4-9H2. The summed E-state index contributed by atoms with van der Waals surface area (Å²) in [4.78, 5) is 9.95. The number of nitrogens with one attached hydrogen (secondary N) is 1. The second-order valence-corrected chi connectivity index (χ2v) is 5.92. The first-order valence-electron chi connectivity index (χ1n) is 6.38. The number of nitrogens with zero attached hydrogens (tertiary/aromatic N) is 1. The second-order valence-electron chi connectivity index (χ2n) is 4.69. The minimum Gasteiger partial charge on any atom is -0.312 e. The third-order valence-electron chi connectivity index (χ3n) is 3.34. The predicted octanol–water partition coefficient (Wildman–Crippen LogP) is 2.97. The minimum absolute atomic E-state index is 0.344. The monoisotopic (exact) mass is 284 g/mol. The van der Waals surface area contributed by atoms with Crippen LogP contribution in [0.5, 0.6) is 0 Å². The first-order valence-corrected chi connectivity index (χ1v) is 7.54. The maximum Gasteiger partial charge on any atom is 0.305 e. The molecule has 0 unspecified atom stereocenters. The molecule has 2 rings (SSSR count). The van der Waals surface area contributed by atoms with Gasteiger partial charge in [-0.05, 0) is 36.8 Å². The molecule has 1 aliphatic rings. The lowest BCUT2D eigenvalue weighted by atomic mass is 10.0. The Bertz CT molecular complexity index is 450. The van der Waals surface area contributed by atoms with E-state index in [4.69, 9.17) is 0 Å². The van der Waals surface area contributed by atoms with E-state index in [2.05, 4.69) is 5.32 Å². The van der Waals surface area contributed by atoms with Crippen molar-refractivity contribution < 1.29 is 9.31 Å². The molecule has 1 N–H and O–H groups in total. The van der Waals surface area contributed by atoms with Crippen molar-refractivity contribution >= 4 is 17.4 Å². The highest BCUT2D eigenvalue weighted by Gasteiger charge is 2.17. The summed E-state index contributed by atoms with van der Waals surface area (Å²) >= 11 is 1.97. The molecule has 1 aromatic rings. The van der Waals surface area contributed by atoms with E-state index in [1.807, 2.05) is 11.8 Å². The molecule has 0 bridgehead atoms. The van der Waals surface area contributed by atoms with E-state index in [0.717, 1.165) is 6.54 Å². The summed E-state index contributed by atoms with van der Waals surface area (Å²) < 4.78 is 13.8.